The predicted molar refractivity (Wildman–Crippen MR) is 38.1 cm³/mol. The first-order valence-corrected chi connectivity index (χ1v) is 3.61. The highest BCUT2D eigenvalue weighted by Gasteiger charge is 2.49. The van der Waals surface area contributed by atoms with E-state index in [4.69, 9.17) is 9.47 Å². The van der Waals surface area contributed by atoms with E-state index >= 15 is 0 Å². The standard InChI is InChI=1S/C7H12O5/c1-6(9)7(2,10)12-5(3-8)4-11-6/h3,5,9-10H,4H2,1-2H3. The second kappa shape index (κ2) is 2.77. The summed E-state index contributed by atoms with van der Waals surface area (Å²) >= 11 is 0. The zero-order valence-electron chi connectivity index (χ0n) is 6.98. The smallest absolute Gasteiger partial charge is 0.218 e. The Bertz CT molecular complexity index is 186. The molecule has 0 aliphatic carbocycles. The molecule has 1 saturated heterocycles. The topological polar surface area (TPSA) is 76.0 Å². The second-order valence-corrected chi connectivity index (χ2v) is 3.07. The molecule has 1 rings (SSSR count). The summed E-state index contributed by atoms with van der Waals surface area (Å²) < 4.78 is 9.68. The van der Waals surface area contributed by atoms with Crippen LogP contribution in [-0.4, -0.2) is 40.8 Å². The van der Waals surface area contributed by atoms with Crippen LogP contribution < -0.4 is 0 Å². The van der Waals surface area contributed by atoms with E-state index in [0.29, 0.717) is 6.29 Å². The van der Waals surface area contributed by atoms with Gasteiger partial charge in [-0.1, -0.05) is 0 Å². The molecule has 1 heterocycles. The van der Waals surface area contributed by atoms with Crippen LogP contribution in [0.1, 0.15) is 13.8 Å². The van der Waals surface area contributed by atoms with Gasteiger partial charge in [0.05, 0.1) is 6.61 Å². The molecule has 5 heteroatoms. The number of carbonyl (C=O) groups is 1. The fourth-order valence-corrected chi connectivity index (χ4v) is 0.883. The van der Waals surface area contributed by atoms with Crippen molar-refractivity contribution in [1.82, 2.24) is 0 Å². The van der Waals surface area contributed by atoms with E-state index in [9.17, 15) is 15.0 Å². The van der Waals surface area contributed by atoms with Crippen LogP contribution in [0.3, 0.4) is 0 Å². The first-order chi connectivity index (χ1) is 5.39. The summed E-state index contributed by atoms with van der Waals surface area (Å²) in [6, 6.07) is 0. The van der Waals surface area contributed by atoms with Gasteiger partial charge < -0.3 is 24.5 Å². The molecule has 1 fully saturated rings. The maximum atomic E-state index is 10.3. The van der Waals surface area contributed by atoms with Gasteiger partial charge in [-0.2, -0.15) is 0 Å². The van der Waals surface area contributed by atoms with Crippen LogP contribution in [0.15, 0.2) is 0 Å². The summed E-state index contributed by atoms with van der Waals surface area (Å²) in [4.78, 5) is 10.3. The molecule has 3 atom stereocenters. The summed E-state index contributed by atoms with van der Waals surface area (Å²) in [7, 11) is 0. The molecule has 1 aliphatic rings. The fraction of sp³-hybridized carbons (Fsp3) is 0.857. The second-order valence-electron chi connectivity index (χ2n) is 3.07. The molecule has 0 aromatic rings. The molecule has 1 aliphatic heterocycles. The van der Waals surface area contributed by atoms with E-state index in [1.54, 1.807) is 0 Å². The molecule has 12 heavy (non-hydrogen) atoms. The average molecular weight is 176 g/mol. The lowest BCUT2D eigenvalue weighted by Crippen LogP contribution is -2.60. The van der Waals surface area contributed by atoms with Crippen LogP contribution in [0, 0.1) is 0 Å². The SMILES string of the molecule is CC1(O)OCC(C=O)OC1(C)O. The van der Waals surface area contributed by atoms with Crippen LogP contribution in [0.5, 0.6) is 0 Å². The maximum Gasteiger partial charge on any atom is 0.218 e. The number of carbonyl (C=O) groups excluding carboxylic acids is 1. The van der Waals surface area contributed by atoms with Crippen LogP contribution >= 0.6 is 0 Å². The van der Waals surface area contributed by atoms with Gasteiger partial charge in [0.2, 0.25) is 11.6 Å². The highest BCUT2D eigenvalue weighted by atomic mass is 16.7. The normalized spacial score (nSPS) is 48.8. The molecular weight excluding hydrogens is 164 g/mol. The highest BCUT2D eigenvalue weighted by molar-refractivity contribution is 5.56. The number of aliphatic hydroxyl groups is 2. The number of ether oxygens (including phenoxy) is 2. The van der Waals surface area contributed by atoms with E-state index in [1.807, 2.05) is 0 Å². The molecule has 3 unspecified atom stereocenters. The van der Waals surface area contributed by atoms with Crippen molar-refractivity contribution in [2.75, 3.05) is 6.61 Å². The molecule has 0 aromatic carbocycles. The Hall–Kier alpha value is -0.490. The zero-order chi connectivity index (χ0) is 9.41. The zero-order valence-corrected chi connectivity index (χ0v) is 6.98. The average Bonchev–Trinajstić information content (AvgIpc) is 1.95. The lowest BCUT2D eigenvalue weighted by molar-refractivity contribution is -0.412. The highest BCUT2D eigenvalue weighted by Crippen LogP contribution is 2.29. The van der Waals surface area contributed by atoms with Crippen LogP contribution in [0.2, 0.25) is 0 Å². The molecule has 0 bridgehead atoms. The van der Waals surface area contributed by atoms with Gasteiger partial charge in [0.25, 0.3) is 0 Å². The quantitative estimate of drug-likeness (QED) is 0.502. The van der Waals surface area contributed by atoms with Crippen LogP contribution in [0.25, 0.3) is 0 Å². The van der Waals surface area contributed by atoms with Crippen molar-refractivity contribution < 1.29 is 24.5 Å². The van der Waals surface area contributed by atoms with Gasteiger partial charge in [-0.15, -0.1) is 0 Å². The molecular formula is C7H12O5. The maximum absolute atomic E-state index is 10.3. The van der Waals surface area contributed by atoms with Crippen LogP contribution in [0.4, 0.5) is 0 Å². The first-order valence-electron chi connectivity index (χ1n) is 3.61. The third-order valence-corrected chi connectivity index (χ3v) is 1.92. The van der Waals surface area contributed by atoms with Gasteiger partial charge in [0, 0.05) is 0 Å². The van der Waals surface area contributed by atoms with Gasteiger partial charge >= 0.3 is 0 Å². The third-order valence-electron chi connectivity index (χ3n) is 1.92. The molecule has 0 spiro atoms. The Kier molecular flexibility index (Phi) is 2.22. The van der Waals surface area contributed by atoms with E-state index < -0.39 is 17.7 Å². The molecule has 0 radical (unpaired) electrons. The summed E-state index contributed by atoms with van der Waals surface area (Å²) in [5.74, 6) is -3.62. The fourth-order valence-electron chi connectivity index (χ4n) is 0.883. The Morgan fingerprint density at radius 1 is 1.42 bits per heavy atom. The molecule has 0 amide bonds. The Morgan fingerprint density at radius 2 is 2.00 bits per heavy atom. The predicted octanol–water partition coefficient (Wildman–Crippen LogP) is -0.982. The monoisotopic (exact) mass is 176 g/mol. The summed E-state index contributed by atoms with van der Waals surface area (Å²) in [6.45, 7) is 2.46. The summed E-state index contributed by atoms with van der Waals surface area (Å²) in [5, 5.41) is 18.9. The van der Waals surface area contributed by atoms with E-state index in [-0.39, 0.29) is 6.61 Å². The van der Waals surface area contributed by atoms with Gasteiger partial charge in [-0.05, 0) is 13.8 Å². The Balaban J connectivity index is 2.74. The van der Waals surface area contributed by atoms with Crippen molar-refractivity contribution in [2.24, 2.45) is 0 Å². The number of hydrogen-bond donors (Lipinski definition) is 2. The number of rotatable bonds is 1. The van der Waals surface area contributed by atoms with Crippen molar-refractivity contribution in [3.63, 3.8) is 0 Å². The minimum absolute atomic E-state index is 0.0490. The van der Waals surface area contributed by atoms with Crippen molar-refractivity contribution in [2.45, 2.75) is 31.5 Å². The number of hydrogen-bond acceptors (Lipinski definition) is 5. The summed E-state index contributed by atoms with van der Waals surface area (Å²) in [6.07, 6.45) is -0.302. The molecule has 5 nitrogen and oxygen atoms in total. The van der Waals surface area contributed by atoms with Gasteiger partial charge in [0.1, 0.15) is 6.10 Å². The largest absolute Gasteiger partial charge is 0.362 e. The molecule has 70 valence electrons. The molecule has 0 aromatic heterocycles. The third kappa shape index (κ3) is 1.49. The number of aldehydes is 1. The van der Waals surface area contributed by atoms with E-state index in [0.717, 1.165) is 0 Å². The first kappa shape index (κ1) is 9.60. The lowest BCUT2D eigenvalue weighted by Gasteiger charge is -2.43. The minimum Gasteiger partial charge on any atom is -0.362 e. The van der Waals surface area contributed by atoms with Gasteiger partial charge in [-0.3, -0.25) is 0 Å². The van der Waals surface area contributed by atoms with E-state index in [1.165, 1.54) is 13.8 Å². The van der Waals surface area contributed by atoms with Crippen LogP contribution in [-0.2, 0) is 14.3 Å². The van der Waals surface area contributed by atoms with Crippen molar-refractivity contribution in [1.29, 1.82) is 0 Å². The van der Waals surface area contributed by atoms with Crippen molar-refractivity contribution in [3.8, 4) is 0 Å². The van der Waals surface area contributed by atoms with Gasteiger partial charge in [0.15, 0.2) is 6.29 Å². The van der Waals surface area contributed by atoms with Crippen molar-refractivity contribution >= 4 is 6.29 Å². The molecule has 0 saturated carbocycles. The van der Waals surface area contributed by atoms with Crippen molar-refractivity contribution in [3.05, 3.63) is 0 Å². The summed E-state index contributed by atoms with van der Waals surface area (Å²) in [5.41, 5.74) is 0. The Morgan fingerprint density at radius 3 is 2.42 bits per heavy atom. The lowest BCUT2D eigenvalue weighted by atomic mass is 10.1. The molecule has 2 N–H and O–H groups in total. The van der Waals surface area contributed by atoms with Gasteiger partial charge in [-0.25, -0.2) is 0 Å². The van der Waals surface area contributed by atoms with E-state index in [2.05, 4.69) is 0 Å². The Labute approximate surface area is 69.9 Å². The minimum atomic E-state index is -1.85.